The third-order valence-electron chi connectivity index (χ3n) is 3.33. The number of sulfonamides is 1. The van der Waals surface area contributed by atoms with E-state index in [2.05, 4.69) is 5.32 Å². The molecule has 1 heterocycles. The lowest BCUT2D eigenvalue weighted by Gasteiger charge is -2.21. The first-order chi connectivity index (χ1) is 9.79. The molecule has 21 heavy (non-hydrogen) atoms. The Hall–Kier alpha value is -1.93. The molecule has 1 saturated heterocycles. The van der Waals surface area contributed by atoms with Crippen LogP contribution in [0, 0.1) is 0 Å². The van der Waals surface area contributed by atoms with Gasteiger partial charge in [0.1, 0.15) is 6.04 Å². The average Bonchev–Trinajstić information content (AvgIpc) is 2.88. The highest BCUT2D eigenvalue weighted by Crippen LogP contribution is 2.22. The van der Waals surface area contributed by atoms with E-state index in [1.54, 1.807) is 0 Å². The number of carbonyl (C=O) groups is 2. The van der Waals surface area contributed by atoms with E-state index in [1.165, 1.54) is 28.6 Å². The van der Waals surface area contributed by atoms with Gasteiger partial charge in [-0.25, -0.2) is 13.2 Å². The predicted molar refractivity (Wildman–Crippen MR) is 76.6 cm³/mol. The summed E-state index contributed by atoms with van der Waals surface area (Å²) in [7, 11) is -3.41. The number of nitrogens with zero attached hydrogens (tertiary/aromatic N) is 1. The summed E-state index contributed by atoms with van der Waals surface area (Å²) in [6.45, 7) is 0.342. The van der Waals surface area contributed by atoms with Crippen molar-refractivity contribution in [2.75, 3.05) is 18.1 Å². The molecule has 1 aliphatic rings. The summed E-state index contributed by atoms with van der Waals surface area (Å²) in [6.07, 6.45) is 2.20. The molecule has 0 aromatic heterocycles. The third-order valence-corrected chi connectivity index (χ3v) is 4.62. The van der Waals surface area contributed by atoms with E-state index in [1.807, 2.05) is 0 Å². The van der Waals surface area contributed by atoms with Gasteiger partial charge in [0.05, 0.1) is 11.8 Å². The van der Waals surface area contributed by atoms with Gasteiger partial charge in [0.2, 0.25) is 15.9 Å². The second-order valence-electron chi connectivity index (χ2n) is 4.90. The molecule has 1 aliphatic heterocycles. The van der Waals surface area contributed by atoms with Crippen LogP contribution in [0.4, 0.5) is 5.69 Å². The molecule has 2 rings (SSSR count). The van der Waals surface area contributed by atoms with Gasteiger partial charge in [-0.1, -0.05) is 0 Å². The molecule has 8 heteroatoms. The van der Waals surface area contributed by atoms with Gasteiger partial charge in [0.15, 0.2) is 0 Å². The first kappa shape index (κ1) is 15.5. The predicted octanol–water partition coefficient (Wildman–Crippen LogP) is 0.747. The lowest BCUT2D eigenvalue weighted by atomic mass is 10.2. The standard InChI is InChI=1S/C13H16N2O5S/c1-21(19,20)15-8-2-3-11(15)12(16)14-10-6-4-9(5-7-10)13(17)18/h4-7,11H,2-3,8H2,1H3,(H,14,16)(H,17,18). The number of hydrogen-bond donors (Lipinski definition) is 2. The molecule has 7 nitrogen and oxygen atoms in total. The van der Waals surface area contributed by atoms with Crippen LogP contribution in [0.15, 0.2) is 24.3 Å². The molecule has 1 aromatic rings. The number of amides is 1. The minimum Gasteiger partial charge on any atom is -0.478 e. The fraction of sp³-hybridized carbons (Fsp3) is 0.385. The normalized spacial score (nSPS) is 19.4. The van der Waals surface area contributed by atoms with Crippen molar-refractivity contribution in [3.8, 4) is 0 Å². The number of benzene rings is 1. The van der Waals surface area contributed by atoms with Crippen LogP contribution in [-0.2, 0) is 14.8 Å². The van der Waals surface area contributed by atoms with Gasteiger partial charge in [-0.2, -0.15) is 4.31 Å². The zero-order valence-corrected chi connectivity index (χ0v) is 12.3. The topological polar surface area (TPSA) is 104 Å². The Balaban J connectivity index is 2.09. The highest BCUT2D eigenvalue weighted by Gasteiger charge is 2.36. The average molecular weight is 312 g/mol. The lowest BCUT2D eigenvalue weighted by Crippen LogP contribution is -2.42. The summed E-state index contributed by atoms with van der Waals surface area (Å²) < 4.78 is 24.4. The fourth-order valence-corrected chi connectivity index (χ4v) is 3.44. The molecule has 1 amide bonds. The van der Waals surface area contributed by atoms with Crippen molar-refractivity contribution in [3.63, 3.8) is 0 Å². The summed E-state index contributed by atoms with van der Waals surface area (Å²) >= 11 is 0. The molecular formula is C13H16N2O5S. The number of hydrogen-bond acceptors (Lipinski definition) is 4. The van der Waals surface area contributed by atoms with Crippen molar-refractivity contribution in [1.82, 2.24) is 4.31 Å². The van der Waals surface area contributed by atoms with Crippen molar-refractivity contribution < 1.29 is 23.1 Å². The van der Waals surface area contributed by atoms with Gasteiger partial charge in [-0.05, 0) is 37.1 Å². The molecule has 1 unspecified atom stereocenters. The van der Waals surface area contributed by atoms with E-state index < -0.39 is 27.9 Å². The minimum absolute atomic E-state index is 0.117. The van der Waals surface area contributed by atoms with Gasteiger partial charge in [-0.3, -0.25) is 4.79 Å². The number of carbonyl (C=O) groups excluding carboxylic acids is 1. The molecule has 0 saturated carbocycles. The molecule has 1 fully saturated rings. The van der Waals surface area contributed by atoms with Crippen LogP contribution in [0.2, 0.25) is 0 Å². The first-order valence-electron chi connectivity index (χ1n) is 6.40. The number of anilines is 1. The lowest BCUT2D eigenvalue weighted by molar-refractivity contribution is -0.119. The Morgan fingerprint density at radius 3 is 2.43 bits per heavy atom. The summed E-state index contributed by atoms with van der Waals surface area (Å²) in [6, 6.07) is 4.99. The molecule has 0 spiro atoms. The van der Waals surface area contributed by atoms with Crippen molar-refractivity contribution in [1.29, 1.82) is 0 Å². The van der Waals surface area contributed by atoms with E-state index in [9.17, 15) is 18.0 Å². The van der Waals surface area contributed by atoms with Crippen LogP contribution in [-0.4, -0.2) is 48.5 Å². The Morgan fingerprint density at radius 1 is 1.29 bits per heavy atom. The first-order valence-corrected chi connectivity index (χ1v) is 8.25. The quantitative estimate of drug-likeness (QED) is 0.853. The van der Waals surface area contributed by atoms with Gasteiger partial charge >= 0.3 is 5.97 Å². The second-order valence-corrected chi connectivity index (χ2v) is 6.84. The van der Waals surface area contributed by atoms with Crippen molar-refractivity contribution in [2.24, 2.45) is 0 Å². The van der Waals surface area contributed by atoms with Crippen LogP contribution in [0.1, 0.15) is 23.2 Å². The molecule has 2 N–H and O–H groups in total. The number of carboxylic acids is 1. The fourth-order valence-electron chi connectivity index (χ4n) is 2.32. The summed E-state index contributed by atoms with van der Waals surface area (Å²) in [5, 5.41) is 11.4. The van der Waals surface area contributed by atoms with Crippen molar-refractivity contribution in [3.05, 3.63) is 29.8 Å². The SMILES string of the molecule is CS(=O)(=O)N1CCCC1C(=O)Nc1ccc(C(=O)O)cc1. The largest absolute Gasteiger partial charge is 0.478 e. The number of nitrogens with one attached hydrogen (secondary N) is 1. The van der Waals surface area contributed by atoms with E-state index >= 15 is 0 Å². The van der Waals surface area contributed by atoms with E-state index in [4.69, 9.17) is 5.11 Å². The van der Waals surface area contributed by atoms with Gasteiger partial charge in [0, 0.05) is 12.2 Å². The molecule has 114 valence electrons. The zero-order valence-electron chi connectivity index (χ0n) is 11.4. The van der Waals surface area contributed by atoms with E-state index in [-0.39, 0.29) is 5.56 Å². The molecule has 0 bridgehead atoms. The van der Waals surface area contributed by atoms with Crippen molar-refractivity contribution >= 4 is 27.6 Å². The van der Waals surface area contributed by atoms with E-state index in [0.717, 1.165) is 6.26 Å². The second kappa shape index (κ2) is 5.82. The number of aromatic carboxylic acids is 1. The number of rotatable bonds is 4. The van der Waals surface area contributed by atoms with Crippen LogP contribution in [0.25, 0.3) is 0 Å². The zero-order chi connectivity index (χ0) is 15.6. The Morgan fingerprint density at radius 2 is 1.90 bits per heavy atom. The third kappa shape index (κ3) is 3.59. The Labute approximate surface area is 122 Å². The van der Waals surface area contributed by atoms with Crippen LogP contribution >= 0.6 is 0 Å². The monoisotopic (exact) mass is 312 g/mol. The van der Waals surface area contributed by atoms with E-state index in [0.29, 0.717) is 25.1 Å². The van der Waals surface area contributed by atoms with Crippen LogP contribution in [0.3, 0.4) is 0 Å². The molecule has 0 radical (unpaired) electrons. The highest BCUT2D eigenvalue weighted by atomic mass is 32.2. The molecular weight excluding hydrogens is 296 g/mol. The summed E-state index contributed by atoms with van der Waals surface area (Å²) in [5.74, 6) is -1.45. The summed E-state index contributed by atoms with van der Waals surface area (Å²) in [5.41, 5.74) is 0.553. The Bertz CT molecular complexity index is 654. The maximum Gasteiger partial charge on any atom is 0.335 e. The van der Waals surface area contributed by atoms with Gasteiger partial charge < -0.3 is 10.4 Å². The van der Waals surface area contributed by atoms with Gasteiger partial charge in [0.25, 0.3) is 0 Å². The molecule has 0 aliphatic carbocycles. The van der Waals surface area contributed by atoms with Crippen molar-refractivity contribution in [2.45, 2.75) is 18.9 Å². The van der Waals surface area contributed by atoms with Crippen LogP contribution < -0.4 is 5.32 Å². The molecule has 1 atom stereocenters. The number of carboxylic acid groups (broad SMARTS) is 1. The smallest absolute Gasteiger partial charge is 0.335 e. The highest BCUT2D eigenvalue weighted by molar-refractivity contribution is 7.88. The summed E-state index contributed by atoms with van der Waals surface area (Å²) in [4.78, 5) is 22.9. The van der Waals surface area contributed by atoms with Gasteiger partial charge in [-0.15, -0.1) is 0 Å². The maximum absolute atomic E-state index is 12.2. The Kier molecular flexibility index (Phi) is 4.29. The molecule has 1 aromatic carbocycles. The maximum atomic E-state index is 12.2. The minimum atomic E-state index is -3.41. The van der Waals surface area contributed by atoms with Crippen LogP contribution in [0.5, 0.6) is 0 Å².